The van der Waals surface area contributed by atoms with Crippen molar-refractivity contribution in [3.63, 3.8) is 0 Å². The topological polar surface area (TPSA) is 0 Å². The zero-order chi connectivity index (χ0) is 10.8. The van der Waals surface area contributed by atoms with Crippen LogP contribution in [0.4, 0.5) is 0 Å². The van der Waals surface area contributed by atoms with Crippen LogP contribution in [0.1, 0.15) is 19.3 Å². The van der Waals surface area contributed by atoms with Crippen molar-refractivity contribution in [2.24, 2.45) is 0 Å². The molecular weight excluding hydrogens is 345 g/mol. The quantitative estimate of drug-likeness (QED) is 0.664. The second-order valence-corrected chi connectivity index (χ2v) is 8.99. The van der Waals surface area contributed by atoms with Crippen LogP contribution in [0.3, 0.4) is 0 Å². The summed E-state index contributed by atoms with van der Waals surface area (Å²) in [4.78, 5) is 0. The van der Waals surface area contributed by atoms with Gasteiger partial charge in [0.15, 0.2) is 0 Å². The Labute approximate surface area is 110 Å². The first-order valence-corrected chi connectivity index (χ1v) is 8.51. The van der Waals surface area contributed by atoms with Gasteiger partial charge in [-0.05, 0) is 0 Å². The van der Waals surface area contributed by atoms with Gasteiger partial charge in [0.2, 0.25) is 0 Å². The minimum atomic E-state index is -1.10. The van der Waals surface area contributed by atoms with E-state index in [1.807, 2.05) is 0 Å². The number of hydrogen-bond donors (Lipinski definition) is 0. The standard InChI is InChI=1S/3C5H5.Ho/c3*1-2-4-5-3-1;/h3*1-3H,4H2;. The Bertz CT molecular complexity index is 398. The van der Waals surface area contributed by atoms with Gasteiger partial charge in [0, 0.05) is 0 Å². The van der Waals surface area contributed by atoms with Crippen molar-refractivity contribution in [3.05, 3.63) is 59.7 Å². The molecule has 0 amide bonds. The Morgan fingerprint density at radius 2 is 1.00 bits per heavy atom. The maximum absolute atomic E-state index is 2.36. The van der Waals surface area contributed by atoms with Crippen LogP contribution in [-0.2, 0) is 0 Å². The molecule has 0 saturated heterocycles. The second kappa shape index (κ2) is 4.91. The number of hydrogen-bond acceptors (Lipinski definition) is 0. The third kappa shape index (κ3) is 2.07. The van der Waals surface area contributed by atoms with Crippen LogP contribution in [0, 0.1) is 31.9 Å². The normalized spacial score (nSPS) is 22.5. The van der Waals surface area contributed by atoms with Crippen molar-refractivity contribution in [3.8, 4) is 0 Å². The molecule has 0 radical (unpaired) electrons. The van der Waals surface area contributed by atoms with Crippen molar-refractivity contribution < 1.29 is 31.9 Å². The summed E-state index contributed by atoms with van der Waals surface area (Å²) in [5.74, 6) is 0. The first-order valence-electron chi connectivity index (χ1n) is 5.60. The molecule has 86 valence electrons. The molecule has 0 heterocycles. The summed E-state index contributed by atoms with van der Waals surface area (Å²) in [6.45, 7) is 0. The third-order valence-corrected chi connectivity index (χ3v) is 8.55. The van der Waals surface area contributed by atoms with Gasteiger partial charge in [-0.1, -0.05) is 0 Å². The van der Waals surface area contributed by atoms with Crippen molar-refractivity contribution >= 4 is 0 Å². The summed E-state index contributed by atoms with van der Waals surface area (Å²) in [7, 11) is 0. The fourth-order valence-corrected chi connectivity index (χ4v) is 7.71. The zero-order valence-corrected chi connectivity index (χ0v) is 11.1. The number of rotatable bonds is 3. The van der Waals surface area contributed by atoms with Crippen LogP contribution in [-0.4, -0.2) is 0 Å². The molecule has 0 bridgehead atoms. The summed E-state index contributed by atoms with van der Waals surface area (Å²) in [5, 5.41) is 0. The van der Waals surface area contributed by atoms with Crippen LogP contribution in [0.15, 0.2) is 59.7 Å². The van der Waals surface area contributed by atoms with E-state index in [9.17, 15) is 0 Å². The van der Waals surface area contributed by atoms with E-state index in [4.69, 9.17) is 0 Å². The summed E-state index contributed by atoms with van der Waals surface area (Å²) >= 11 is -1.10. The van der Waals surface area contributed by atoms with Crippen molar-refractivity contribution in [2.75, 3.05) is 0 Å². The van der Waals surface area contributed by atoms with Gasteiger partial charge in [-0.25, -0.2) is 0 Å². The molecule has 0 nitrogen and oxygen atoms in total. The van der Waals surface area contributed by atoms with Gasteiger partial charge in [0.1, 0.15) is 0 Å². The Hall–Kier alpha value is -0.300. The molecule has 3 aliphatic carbocycles. The van der Waals surface area contributed by atoms with E-state index in [1.165, 1.54) is 19.3 Å². The molecule has 1 heteroatoms. The Kier molecular flexibility index (Phi) is 3.32. The predicted octanol–water partition coefficient (Wildman–Crippen LogP) is 4.14. The van der Waals surface area contributed by atoms with Crippen LogP contribution < -0.4 is 0 Å². The average molecular weight is 360 g/mol. The molecule has 0 aromatic heterocycles. The molecule has 0 aromatic rings. The molecule has 0 unspecified atom stereocenters. The van der Waals surface area contributed by atoms with E-state index >= 15 is 0 Å². The predicted molar refractivity (Wildman–Crippen MR) is 65.5 cm³/mol. The molecule has 0 spiro atoms. The van der Waals surface area contributed by atoms with Crippen molar-refractivity contribution in [1.82, 2.24) is 0 Å². The van der Waals surface area contributed by atoms with Crippen molar-refractivity contribution in [1.29, 1.82) is 0 Å². The molecule has 0 N–H and O–H groups in total. The zero-order valence-electron chi connectivity index (χ0n) is 9.12. The monoisotopic (exact) mass is 360 g/mol. The molecular formula is C15H15Ho. The van der Waals surface area contributed by atoms with Gasteiger partial charge < -0.3 is 0 Å². The first kappa shape index (κ1) is 10.8. The average Bonchev–Trinajstić information content (AvgIpc) is 3.02. The molecule has 0 aromatic carbocycles. The van der Waals surface area contributed by atoms with E-state index < -0.39 is 31.9 Å². The fraction of sp³-hybridized carbons (Fsp3) is 0.200. The molecule has 3 aliphatic rings. The molecule has 16 heavy (non-hydrogen) atoms. The van der Waals surface area contributed by atoms with Gasteiger partial charge in [0.05, 0.1) is 0 Å². The van der Waals surface area contributed by atoms with Gasteiger partial charge >= 0.3 is 111 Å². The summed E-state index contributed by atoms with van der Waals surface area (Å²) in [6.07, 6.45) is 24.2. The van der Waals surface area contributed by atoms with Crippen molar-refractivity contribution in [2.45, 2.75) is 19.3 Å². The first-order chi connectivity index (χ1) is 7.95. The van der Waals surface area contributed by atoms with E-state index in [1.54, 1.807) is 5.01 Å². The maximum atomic E-state index is 2.36. The van der Waals surface area contributed by atoms with Gasteiger partial charge in [-0.3, -0.25) is 0 Å². The third-order valence-electron chi connectivity index (χ3n) is 2.67. The summed E-state index contributed by atoms with van der Waals surface area (Å²) < 4.78 is 5.12. The van der Waals surface area contributed by atoms with Gasteiger partial charge in [-0.2, -0.15) is 0 Å². The van der Waals surface area contributed by atoms with Crippen LogP contribution >= 0.6 is 0 Å². The SMILES string of the molecule is C1=CC[C]([Ho]([C]2=CC=CC2)[C]2=CC=CC2)=C1. The van der Waals surface area contributed by atoms with Gasteiger partial charge in [0.25, 0.3) is 0 Å². The second-order valence-electron chi connectivity index (χ2n) is 3.82. The van der Waals surface area contributed by atoms with E-state index in [-0.39, 0.29) is 0 Å². The summed E-state index contributed by atoms with van der Waals surface area (Å²) in [5.41, 5.74) is 0. The Morgan fingerprint density at radius 3 is 1.25 bits per heavy atom. The van der Waals surface area contributed by atoms with Gasteiger partial charge in [-0.15, -0.1) is 0 Å². The van der Waals surface area contributed by atoms with Crippen LogP contribution in [0.5, 0.6) is 0 Å². The molecule has 0 fully saturated rings. The fourth-order valence-electron chi connectivity index (χ4n) is 1.92. The molecule has 3 rings (SSSR count). The van der Waals surface area contributed by atoms with E-state index in [2.05, 4.69) is 54.7 Å². The molecule has 0 aliphatic heterocycles. The van der Waals surface area contributed by atoms with E-state index in [0.29, 0.717) is 0 Å². The van der Waals surface area contributed by atoms with Crippen LogP contribution in [0.2, 0.25) is 0 Å². The molecule has 0 saturated carbocycles. The minimum absolute atomic E-state index is 1.10. The Morgan fingerprint density at radius 1 is 0.625 bits per heavy atom. The molecule has 0 atom stereocenters. The summed E-state index contributed by atoms with van der Waals surface area (Å²) in [6, 6.07) is 0. The Balaban J connectivity index is 1.89. The van der Waals surface area contributed by atoms with E-state index in [0.717, 1.165) is 0 Å². The number of allylic oxidation sites excluding steroid dienone is 12. The van der Waals surface area contributed by atoms with Crippen LogP contribution in [0.25, 0.3) is 0 Å².